The van der Waals surface area contributed by atoms with Gasteiger partial charge in [-0.05, 0) is 25.0 Å². The summed E-state index contributed by atoms with van der Waals surface area (Å²) in [5, 5.41) is 0. The van der Waals surface area contributed by atoms with Crippen LogP contribution in [0.3, 0.4) is 0 Å². The summed E-state index contributed by atoms with van der Waals surface area (Å²) in [7, 11) is 0. The largest absolute Gasteiger partial charge is 0.287 e. The van der Waals surface area contributed by atoms with Crippen LogP contribution in [-0.4, -0.2) is 15.8 Å². The summed E-state index contributed by atoms with van der Waals surface area (Å²) in [6.45, 7) is 3.98. The van der Waals surface area contributed by atoms with Crippen molar-refractivity contribution in [1.82, 2.24) is 9.97 Å². The molecule has 0 radical (unpaired) electrons. The van der Waals surface area contributed by atoms with Crippen LogP contribution in [0.1, 0.15) is 40.7 Å². The Morgan fingerprint density at radius 2 is 2.06 bits per heavy atom. The van der Waals surface area contributed by atoms with Crippen molar-refractivity contribution in [3.63, 3.8) is 0 Å². The van der Waals surface area contributed by atoms with Gasteiger partial charge in [0, 0.05) is 11.8 Å². The van der Waals surface area contributed by atoms with Gasteiger partial charge in [0.1, 0.15) is 5.69 Å². The highest BCUT2D eigenvalue weighted by atomic mass is 16.1. The minimum Gasteiger partial charge on any atom is -0.287 e. The van der Waals surface area contributed by atoms with Crippen LogP contribution < -0.4 is 0 Å². The summed E-state index contributed by atoms with van der Waals surface area (Å²) in [6, 6.07) is 7.72. The van der Waals surface area contributed by atoms with Gasteiger partial charge in [0.05, 0.1) is 11.9 Å². The van der Waals surface area contributed by atoms with Gasteiger partial charge in [-0.1, -0.05) is 31.5 Å². The Labute approximate surface area is 107 Å². The number of ketones is 1. The molecule has 3 heteroatoms. The van der Waals surface area contributed by atoms with E-state index < -0.39 is 0 Å². The molecule has 0 amide bonds. The fourth-order valence-corrected chi connectivity index (χ4v) is 1.81. The average Bonchev–Trinajstić information content (AvgIpc) is 2.39. The van der Waals surface area contributed by atoms with Crippen molar-refractivity contribution < 1.29 is 4.79 Å². The average molecular weight is 240 g/mol. The highest BCUT2D eigenvalue weighted by Gasteiger charge is 2.11. The van der Waals surface area contributed by atoms with Crippen LogP contribution in [0.5, 0.6) is 0 Å². The summed E-state index contributed by atoms with van der Waals surface area (Å²) in [5.41, 5.74) is 3.07. The van der Waals surface area contributed by atoms with Gasteiger partial charge in [0.2, 0.25) is 5.78 Å². The van der Waals surface area contributed by atoms with Crippen molar-refractivity contribution in [1.29, 1.82) is 0 Å². The standard InChI is InChI=1S/C15H16N2O/c1-3-5-12-6-4-7-13(8-12)15(18)14-10-16-11(2)9-17-14/h4,6-10H,3,5H2,1-2H3. The Balaban J connectivity index is 2.28. The number of rotatable bonds is 4. The number of benzene rings is 1. The number of hydrogen-bond acceptors (Lipinski definition) is 3. The quantitative estimate of drug-likeness (QED) is 0.772. The fourth-order valence-electron chi connectivity index (χ4n) is 1.81. The molecule has 0 aliphatic carbocycles. The van der Waals surface area contributed by atoms with E-state index in [2.05, 4.69) is 16.9 Å². The zero-order valence-electron chi connectivity index (χ0n) is 10.7. The SMILES string of the molecule is CCCc1cccc(C(=O)c2cnc(C)cn2)c1. The molecule has 0 aliphatic heterocycles. The topological polar surface area (TPSA) is 42.9 Å². The van der Waals surface area contributed by atoms with E-state index in [1.807, 2.05) is 31.2 Å². The third-order valence-corrected chi connectivity index (χ3v) is 2.74. The lowest BCUT2D eigenvalue weighted by molar-refractivity contribution is 0.103. The molecular weight excluding hydrogens is 224 g/mol. The maximum absolute atomic E-state index is 12.2. The molecule has 18 heavy (non-hydrogen) atoms. The maximum atomic E-state index is 12.2. The molecule has 0 saturated carbocycles. The van der Waals surface area contributed by atoms with E-state index in [9.17, 15) is 4.79 Å². The summed E-state index contributed by atoms with van der Waals surface area (Å²) < 4.78 is 0. The van der Waals surface area contributed by atoms with Gasteiger partial charge in [-0.2, -0.15) is 0 Å². The number of aromatic nitrogens is 2. The molecule has 1 heterocycles. The summed E-state index contributed by atoms with van der Waals surface area (Å²) >= 11 is 0. The maximum Gasteiger partial charge on any atom is 0.212 e. The number of carbonyl (C=O) groups is 1. The van der Waals surface area contributed by atoms with Crippen LogP contribution >= 0.6 is 0 Å². The van der Waals surface area contributed by atoms with Gasteiger partial charge in [0.25, 0.3) is 0 Å². The van der Waals surface area contributed by atoms with Gasteiger partial charge in [-0.15, -0.1) is 0 Å². The van der Waals surface area contributed by atoms with Crippen molar-refractivity contribution >= 4 is 5.78 Å². The van der Waals surface area contributed by atoms with E-state index in [4.69, 9.17) is 0 Å². The number of aryl methyl sites for hydroxylation is 2. The predicted octanol–water partition coefficient (Wildman–Crippen LogP) is 2.97. The Hall–Kier alpha value is -2.03. The van der Waals surface area contributed by atoms with E-state index >= 15 is 0 Å². The van der Waals surface area contributed by atoms with Crippen molar-refractivity contribution in [2.45, 2.75) is 26.7 Å². The fraction of sp³-hybridized carbons (Fsp3) is 0.267. The lowest BCUT2D eigenvalue weighted by Gasteiger charge is -2.03. The zero-order valence-corrected chi connectivity index (χ0v) is 10.7. The molecule has 2 rings (SSSR count). The normalized spacial score (nSPS) is 10.3. The number of carbonyl (C=O) groups excluding carboxylic acids is 1. The molecule has 3 nitrogen and oxygen atoms in total. The second kappa shape index (κ2) is 5.54. The van der Waals surface area contributed by atoms with Crippen molar-refractivity contribution in [2.75, 3.05) is 0 Å². The van der Waals surface area contributed by atoms with Crippen LogP contribution in [0.2, 0.25) is 0 Å². The molecule has 0 atom stereocenters. The van der Waals surface area contributed by atoms with Crippen LogP contribution in [0.4, 0.5) is 0 Å². The molecular formula is C15H16N2O. The molecule has 1 aromatic heterocycles. The highest BCUT2D eigenvalue weighted by Crippen LogP contribution is 2.11. The Morgan fingerprint density at radius 3 is 2.72 bits per heavy atom. The van der Waals surface area contributed by atoms with Gasteiger partial charge < -0.3 is 0 Å². The molecule has 1 aromatic carbocycles. The van der Waals surface area contributed by atoms with E-state index in [1.165, 1.54) is 11.8 Å². The van der Waals surface area contributed by atoms with E-state index in [1.54, 1.807) is 6.20 Å². The van der Waals surface area contributed by atoms with Crippen LogP contribution in [0, 0.1) is 6.92 Å². The van der Waals surface area contributed by atoms with Crippen molar-refractivity contribution in [3.8, 4) is 0 Å². The number of nitrogens with zero attached hydrogens (tertiary/aromatic N) is 2. The van der Waals surface area contributed by atoms with Crippen LogP contribution in [0.25, 0.3) is 0 Å². The van der Waals surface area contributed by atoms with Crippen molar-refractivity contribution in [2.24, 2.45) is 0 Å². The lowest BCUT2D eigenvalue weighted by Crippen LogP contribution is -2.05. The van der Waals surface area contributed by atoms with E-state index in [-0.39, 0.29) is 5.78 Å². The molecule has 2 aromatic rings. The number of hydrogen-bond donors (Lipinski definition) is 0. The van der Waals surface area contributed by atoms with Crippen LogP contribution in [-0.2, 0) is 6.42 Å². The first-order valence-electron chi connectivity index (χ1n) is 6.13. The Bertz CT molecular complexity index is 547. The summed E-state index contributed by atoms with van der Waals surface area (Å²) in [4.78, 5) is 20.4. The molecule has 0 aliphatic rings. The highest BCUT2D eigenvalue weighted by molar-refractivity contribution is 6.07. The minimum atomic E-state index is -0.0690. The second-order valence-electron chi connectivity index (χ2n) is 4.32. The summed E-state index contributed by atoms with van der Waals surface area (Å²) in [6.07, 6.45) is 5.20. The molecule has 92 valence electrons. The van der Waals surface area contributed by atoms with Gasteiger partial charge in [-0.3, -0.25) is 9.78 Å². The molecule has 0 spiro atoms. The third kappa shape index (κ3) is 2.80. The smallest absolute Gasteiger partial charge is 0.212 e. The van der Waals surface area contributed by atoms with Crippen molar-refractivity contribution in [3.05, 3.63) is 59.2 Å². The first-order chi connectivity index (χ1) is 8.70. The predicted molar refractivity (Wildman–Crippen MR) is 70.6 cm³/mol. The van der Waals surface area contributed by atoms with E-state index in [0.717, 1.165) is 18.5 Å². The molecule has 0 fully saturated rings. The molecule has 0 bridgehead atoms. The van der Waals surface area contributed by atoms with Crippen LogP contribution in [0.15, 0.2) is 36.7 Å². The van der Waals surface area contributed by atoms with Gasteiger partial charge >= 0.3 is 0 Å². The first kappa shape index (κ1) is 12.4. The zero-order chi connectivity index (χ0) is 13.0. The van der Waals surface area contributed by atoms with Gasteiger partial charge in [-0.25, -0.2) is 4.98 Å². The third-order valence-electron chi connectivity index (χ3n) is 2.74. The Morgan fingerprint density at radius 1 is 1.22 bits per heavy atom. The summed E-state index contributed by atoms with van der Waals surface area (Å²) in [5.74, 6) is -0.0690. The first-order valence-corrected chi connectivity index (χ1v) is 6.13. The molecule has 0 N–H and O–H groups in total. The second-order valence-corrected chi connectivity index (χ2v) is 4.32. The van der Waals surface area contributed by atoms with Gasteiger partial charge in [0.15, 0.2) is 0 Å². The monoisotopic (exact) mass is 240 g/mol. The van der Waals surface area contributed by atoms with E-state index in [0.29, 0.717) is 11.3 Å². The molecule has 0 unspecified atom stereocenters. The lowest BCUT2D eigenvalue weighted by atomic mass is 10.0. The minimum absolute atomic E-state index is 0.0690. The Kier molecular flexibility index (Phi) is 3.82. The molecule has 0 saturated heterocycles.